The molecule has 2 heteroatoms. The highest BCUT2D eigenvalue weighted by Crippen LogP contribution is 2.33. The summed E-state index contributed by atoms with van der Waals surface area (Å²) in [7, 11) is 0. The van der Waals surface area contributed by atoms with Crippen molar-refractivity contribution >= 4 is 0 Å². The highest BCUT2D eigenvalue weighted by molar-refractivity contribution is 5.18. The highest BCUT2D eigenvalue weighted by Gasteiger charge is 2.28. The Morgan fingerprint density at radius 1 is 1.13 bits per heavy atom. The summed E-state index contributed by atoms with van der Waals surface area (Å²) in [5, 5.41) is 10.2. The van der Waals surface area contributed by atoms with E-state index in [2.05, 4.69) is 0 Å². The first kappa shape index (κ1) is 10.7. The molecule has 1 aromatic carbocycles. The van der Waals surface area contributed by atoms with Crippen LogP contribution in [0.5, 0.6) is 0 Å². The summed E-state index contributed by atoms with van der Waals surface area (Å²) >= 11 is 0. The molecule has 0 saturated heterocycles. The molecule has 3 N–H and O–H groups in total. The minimum Gasteiger partial charge on any atom is -0.388 e. The molecule has 15 heavy (non-hydrogen) atoms. The van der Waals surface area contributed by atoms with E-state index in [1.165, 1.54) is 12.8 Å². The van der Waals surface area contributed by atoms with Crippen molar-refractivity contribution in [1.29, 1.82) is 0 Å². The number of aliphatic hydroxyl groups excluding tert-OH is 1. The molecule has 0 bridgehead atoms. The van der Waals surface area contributed by atoms with Gasteiger partial charge >= 0.3 is 0 Å². The van der Waals surface area contributed by atoms with E-state index >= 15 is 0 Å². The summed E-state index contributed by atoms with van der Waals surface area (Å²) in [4.78, 5) is 0. The van der Waals surface area contributed by atoms with Crippen molar-refractivity contribution in [3.8, 4) is 0 Å². The van der Waals surface area contributed by atoms with E-state index in [4.69, 9.17) is 5.73 Å². The third-order valence-corrected chi connectivity index (χ3v) is 3.42. The van der Waals surface area contributed by atoms with E-state index in [0.29, 0.717) is 0 Å². The molecule has 82 valence electrons. The third kappa shape index (κ3) is 2.39. The number of hydrogen-bond donors (Lipinski definition) is 2. The van der Waals surface area contributed by atoms with Crippen LogP contribution in [0.2, 0.25) is 0 Å². The van der Waals surface area contributed by atoms with Crippen molar-refractivity contribution in [3.63, 3.8) is 0 Å². The Balaban J connectivity index is 2.09. The first-order valence-corrected chi connectivity index (χ1v) is 5.77. The molecule has 1 aromatic rings. The van der Waals surface area contributed by atoms with E-state index in [1.54, 1.807) is 0 Å². The maximum absolute atomic E-state index is 10.2. The summed E-state index contributed by atoms with van der Waals surface area (Å²) in [5.74, 6) is 0.237. The van der Waals surface area contributed by atoms with Gasteiger partial charge in [-0.25, -0.2) is 0 Å². The molecule has 0 unspecified atom stereocenters. The number of aliphatic hydroxyl groups is 1. The van der Waals surface area contributed by atoms with Crippen LogP contribution in [-0.2, 0) is 0 Å². The SMILES string of the molecule is N[C@H]1CCCC[C@H]1[C@H](O)c1ccccc1. The number of rotatable bonds is 2. The molecule has 0 aliphatic heterocycles. The molecule has 0 amide bonds. The predicted octanol–water partition coefficient (Wildman–Crippen LogP) is 2.24. The van der Waals surface area contributed by atoms with Gasteiger partial charge in [0.15, 0.2) is 0 Å². The summed E-state index contributed by atoms with van der Waals surface area (Å²) in [6, 6.07) is 10.0. The average molecular weight is 205 g/mol. The molecule has 1 aliphatic rings. The van der Waals surface area contributed by atoms with Gasteiger partial charge in [0.2, 0.25) is 0 Å². The van der Waals surface area contributed by atoms with Crippen LogP contribution in [0.25, 0.3) is 0 Å². The summed E-state index contributed by atoms with van der Waals surface area (Å²) in [6.07, 6.45) is 4.12. The van der Waals surface area contributed by atoms with Gasteiger partial charge in [-0.1, -0.05) is 43.2 Å². The van der Waals surface area contributed by atoms with Crippen LogP contribution in [0.3, 0.4) is 0 Å². The lowest BCUT2D eigenvalue weighted by Crippen LogP contribution is -2.36. The maximum Gasteiger partial charge on any atom is 0.0832 e. The van der Waals surface area contributed by atoms with Crippen molar-refractivity contribution in [2.24, 2.45) is 11.7 Å². The average Bonchev–Trinajstić information content (AvgIpc) is 2.30. The molecular weight excluding hydrogens is 186 g/mol. The van der Waals surface area contributed by atoms with Crippen LogP contribution in [-0.4, -0.2) is 11.1 Å². The molecule has 1 saturated carbocycles. The Bertz CT molecular complexity index is 299. The molecule has 0 spiro atoms. The smallest absolute Gasteiger partial charge is 0.0832 e. The fourth-order valence-electron chi connectivity index (χ4n) is 2.48. The molecule has 1 aliphatic carbocycles. The topological polar surface area (TPSA) is 46.2 Å². The number of hydrogen-bond acceptors (Lipinski definition) is 2. The van der Waals surface area contributed by atoms with E-state index in [-0.39, 0.29) is 18.1 Å². The molecule has 0 heterocycles. The monoisotopic (exact) mass is 205 g/mol. The highest BCUT2D eigenvalue weighted by atomic mass is 16.3. The molecule has 2 nitrogen and oxygen atoms in total. The van der Waals surface area contributed by atoms with Crippen molar-refractivity contribution in [2.45, 2.75) is 37.8 Å². The minimum atomic E-state index is -0.388. The van der Waals surface area contributed by atoms with Gasteiger partial charge in [-0.3, -0.25) is 0 Å². The van der Waals surface area contributed by atoms with Crippen molar-refractivity contribution in [2.75, 3.05) is 0 Å². The first-order chi connectivity index (χ1) is 7.29. The van der Waals surface area contributed by atoms with Crippen molar-refractivity contribution in [3.05, 3.63) is 35.9 Å². The van der Waals surface area contributed by atoms with E-state index in [0.717, 1.165) is 18.4 Å². The van der Waals surface area contributed by atoms with Crippen LogP contribution < -0.4 is 5.73 Å². The van der Waals surface area contributed by atoms with E-state index in [9.17, 15) is 5.11 Å². The van der Waals surface area contributed by atoms with E-state index < -0.39 is 0 Å². The Morgan fingerprint density at radius 2 is 1.80 bits per heavy atom. The molecule has 3 atom stereocenters. The summed E-state index contributed by atoms with van der Waals surface area (Å²) < 4.78 is 0. The lowest BCUT2D eigenvalue weighted by Gasteiger charge is -2.32. The van der Waals surface area contributed by atoms with Crippen LogP contribution in [0, 0.1) is 5.92 Å². The molecule has 0 radical (unpaired) electrons. The lowest BCUT2D eigenvalue weighted by atomic mass is 9.79. The fourth-order valence-corrected chi connectivity index (χ4v) is 2.48. The molecular formula is C13H19NO. The Kier molecular flexibility index (Phi) is 3.39. The predicted molar refractivity (Wildman–Crippen MR) is 61.3 cm³/mol. The Labute approximate surface area is 91.1 Å². The van der Waals surface area contributed by atoms with Gasteiger partial charge < -0.3 is 10.8 Å². The van der Waals surface area contributed by atoms with Gasteiger partial charge in [0.05, 0.1) is 6.10 Å². The second kappa shape index (κ2) is 4.77. The largest absolute Gasteiger partial charge is 0.388 e. The van der Waals surface area contributed by atoms with Crippen LogP contribution in [0.15, 0.2) is 30.3 Å². The van der Waals surface area contributed by atoms with Gasteiger partial charge in [0, 0.05) is 12.0 Å². The van der Waals surface area contributed by atoms with Crippen LogP contribution >= 0.6 is 0 Å². The quantitative estimate of drug-likeness (QED) is 0.777. The standard InChI is InChI=1S/C13H19NO/c14-12-9-5-4-8-11(12)13(15)10-6-2-1-3-7-10/h1-3,6-7,11-13,15H,4-5,8-9,14H2/t11-,12+,13-/m1/s1. The van der Waals surface area contributed by atoms with Gasteiger partial charge in [-0.05, 0) is 18.4 Å². The molecule has 2 rings (SSSR count). The van der Waals surface area contributed by atoms with E-state index in [1.807, 2.05) is 30.3 Å². The Morgan fingerprint density at radius 3 is 2.47 bits per heavy atom. The summed E-state index contributed by atoms with van der Waals surface area (Å²) in [5.41, 5.74) is 7.06. The normalized spacial score (nSPS) is 28.7. The zero-order valence-corrected chi connectivity index (χ0v) is 8.97. The third-order valence-electron chi connectivity index (χ3n) is 3.42. The second-order valence-electron chi connectivity index (χ2n) is 4.47. The van der Waals surface area contributed by atoms with Gasteiger partial charge in [0.1, 0.15) is 0 Å². The zero-order valence-electron chi connectivity index (χ0n) is 8.97. The molecule has 0 aromatic heterocycles. The number of benzene rings is 1. The number of nitrogens with two attached hydrogens (primary N) is 1. The molecule has 1 fully saturated rings. The zero-order chi connectivity index (χ0) is 10.7. The Hall–Kier alpha value is -0.860. The van der Waals surface area contributed by atoms with Gasteiger partial charge in [-0.15, -0.1) is 0 Å². The van der Waals surface area contributed by atoms with Crippen LogP contribution in [0.1, 0.15) is 37.4 Å². The first-order valence-electron chi connectivity index (χ1n) is 5.77. The van der Waals surface area contributed by atoms with Gasteiger partial charge in [0.25, 0.3) is 0 Å². The van der Waals surface area contributed by atoms with Crippen molar-refractivity contribution in [1.82, 2.24) is 0 Å². The minimum absolute atomic E-state index is 0.161. The summed E-state index contributed by atoms with van der Waals surface area (Å²) in [6.45, 7) is 0. The van der Waals surface area contributed by atoms with Gasteiger partial charge in [-0.2, -0.15) is 0 Å². The maximum atomic E-state index is 10.2. The van der Waals surface area contributed by atoms with Crippen molar-refractivity contribution < 1.29 is 5.11 Å². The van der Waals surface area contributed by atoms with Crippen LogP contribution in [0.4, 0.5) is 0 Å². The lowest BCUT2D eigenvalue weighted by molar-refractivity contribution is 0.0722. The second-order valence-corrected chi connectivity index (χ2v) is 4.47. The fraction of sp³-hybridized carbons (Fsp3) is 0.538.